The second-order valence-corrected chi connectivity index (χ2v) is 7.63. The lowest BCUT2D eigenvalue weighted by atomic mass is 9.81. The summed E-state index contributed by atoms with van der Waals surface area (Å²) >= 11 is 0. The molecule has 0 amide bonds. The van der Waals surface area contributed by atoms with E-state index in [2.05, 4.69) is 57.2 Å². The molecule has 0 heterocycles. The van der Waals surface area contributed by atoms with Crippen LogP contribution < -0.4 is 0 Å². The van der Waals surface area contributed by atoms with Crippen molar-refractivity contribution in [1.82, 2.24) is 0 Å². The van der Waals surface area contributed by atoms with Gasteiger partial charge in [0.1, 0.15) is 5.60 Å². The van der Waals surface area contributed by atoms with Crippen molar-refractivity contribution >= 4 is 0 Å². The first kappa shape index (κ1) is 15.2. The molecule has 3 aromatic rings. The average Bonchev–Trinajstić information content (AvgIpc) is 2.86. The summed E-state index contributed by atoms with van der Waals surface area (Å²) in [4.78, 5) is 0. The summed E-state index contributed by atoms with van der Waals surface area (Å²) in [6, 6.07) is 24.7. The summed E-state index contributed by atoms with van der Waals surface area (Å²) in [7, 11) is 0. The fourth-order valence-electron chi connectivity index (χ4n) is 3.73. The normalized spacial score (nSPS) is 15.0. The van der Waals surface area contributed by atoms with Crippen LogP contribution in [0.5, 0.6) is 0 Å². The molecule has 1 heteroatoms. The maximum Gasteiger partial charge on any atom is 0.141 e. The molecular formula is C23H22O. The fourth-order valence-corrected chi connectivity index (χ4v) is 3.73. The molecule has 1 aliphatic rings. The van der Waals surface area contributed by atoms with Crippen LogP contribution in [0.3, 0.4) is 0 Å². The van der Waals surface area contributed by atoms with Crippen LogP contribution in [0.1, 0.15) is 43.0 Å². The molecule has 0 bridgehead atoms. The second-order valence-electron chi connectivity index (χ2n) is 7.63. The predicted molar refractivity (Wildman–Crippen MR) is 99.1 cm³/mol. The second kappa shape index (κ2) is 5.06. The molecule has 0 saturated heterocycles. The fraction of sp³-hybridized carbons (Fsp3) is 0.217. The van der Waals surface area contributed by atoms with Gasteiger partial charge in [0.2, 0.25) is 0 Å². The topological polar surface area (TPSA) is 20.2 Å². The minimum Gasteiger partial charge on any atom is -0.376 e. The van der Waals surface area contributed by atoms with E-state index in [1.54, 1.807) is 0 Å². The minimum atomic E-state index is -1.08. The Kier molecular flexibility index (Phi) is 3.20. The van der Waals surface area contributed by atoms with Gasteiger partial charge in [0.15, 0.2) is 0 Å². The van der Waals surface area contributed by atoms with Crippen LogP contribution in [0.4, 0.5) is 0 Å². The van der Waals surface area contributed by atoms with Crippen molar-refractivity contribution in [2.75, 3.05) is 0 Å². The van der Waals surface area contributed by atoms with E-state index in [0.717, 1.165) is 27.8 Å². The third-order valence-corrected chi connectivity index (χ3v) is 5.09. The molecule has 24 heavy (non-hydrogen) atoms. The number of hydrogen-bond acceptors (Lipinski definition) is 1. The van der Waals surface area contributed by atoms with Crippen LogP contribution in [0.2, 0.25) is 0 Å². The van der Waals surface area contributed by atoms with E-state index >= 15 is 0 Å². The van der Waals surface area contributed by atoms with Crippen molar-refractivity contribution < 1.29 is 5.11 Å². The number of hydrogen-bond donors (Lipinski definition) is 1. The molecule has 0 radical (unpaired) electrons. The monoisotopic (exact) mass is 314 g/mol. The number of rotatable bonds is 1. The van der Waals surface area contributed by atoms with Gasteiger partial charge >= 0.3 is 0 Å². The van der Waals surface area contributed by atoms with E-state index in [-0.39, 0.29) is 5.41 Å². The zero-order valence-corrected chi connectivity index (χ0v) is 14.4. The Morgan fingerprint density at radius 1 is 0.667 bits per heavy atom. The van der Waals surface area contributed by atoms with Gasteiger partial charge in [-0.3, -0.25) is 0 Å². The lowest BCUT2D eigenvalue weighted by molar-refractivity contribution is 0.130. The average molecular weight is 314 g/mol. The molecule has 120 valence electrons. The van der Waals surface area contributed by atoms with Gasteiger partial charge < -0.3 is 5.11 Å². The van der Waals surface area contributed by atoms with Crippen LogP contribution in [0.15, 0.2) is 72.8 Å². The quantitative estimate of drug-likeness (QED) is 0.650. The van der Waals surface area contributed by atoms with E-state index < -0.39 is 5.60 Å². The van der Waals surface area contributed by atoms with Gasteiger partial charge in [0.25, 0.3) is 0 Å². The summed E-state index contributed by atoms with van der Waals surface area (Å²) in [5.41, 5.74) is 5.40. The van der Waals surface area contributed by atoms with Crippen molar-refractivity contribution in [3.05, 3.63) is 95.1 Å². The Morgan fingerprint density at radius 3 is 1.58 bits per heavy atom. The van der Waals surface area contributed by atoms with Gasteiger partial charge in [0.05, 0.1) is 0 Å². The lowest BCUT2D eigenvalue weighted by Crippen LogP contribution is -2.26. The molecule has 1 aliphatic carbocycles. The molecule has 0 spiro atoms. The summed E-state index contributed by atoms with van der Waals surface area (Å²) in [5, 5.41) is 11.8. The van der Waals surface area contributed by atoms with Crippen molar-refractivity contribution in [2.45, 2.75) is 31.8 Å². The third kappa shape index (κ3) is 2.05. The van der Waals surface area contributed by atoms with Crippen molar-refractivity contribution in [2.24, 2.45) is 0 Å². The first-order valence-corrected chi connectivity index (χ1v) is 8.45. The SMILES string of the molecule is CC(C)(C)c1ccc(C2(O)c3ccccc3-c3ccccc32)cc1. The maximum atomic E-state index is 11.8. The molecule has 0 aromatic heterocycles. The maximum absolute atomic E-state index is 11.8. The third-order valence-electron chi connectivity index (χ3n) is 5.09. The zero-order chi connectivity index (χ0) is 16.9. The molecule has 0 fully saturated rings. The van der Waals surface area contributed by atoms with Gasteiger partial charge in [-0.05, 0) is 27.7 Å². The highest BCUT2D eigenvalue weighted by atomic mass is 16.3. The van der Waals surface area contributed by atoms with Crippen molar-refractivity contribution in [3.8, 4) is 11.1 Å². The summed E-state index contributed by atoms with van der Waals surface area (Å²) < 4.78 is 0. The predicted octanol–water partition coefficient (Wildman–Crippen LogP) is 5.25. The molecule has 1 nitrogen and oxygen atoms in total. The van der Waals surface area contributed by atoms with Crippen LogP contribution in [-0.4, -0.2) is 5.11 Å². The Morgan fingerprint density at radius 2 is 1.12 bits per heavy atom. The summed E-state index contributed by atoms with van der Waals surface area (Å²) in [6.07, 6.45) is 0. The molecule has 0 atom stereocenters. The van der Waals surface area contributed by atoms with Gasteiger partial charge in [-0.15, -0.1) is 0 Å². The molecule has 0 saturated carbocycles. The van der Waals surface area contributed by atoms with Crippen LogP contribution in [-0.2, 0) is 11.0 Å². The number of fused-ring (bicyclic) bond motifs is 3. The van der Waals surface area contributed by atoms with Crippen LogP contribution in [0.25, 0.3) is 11.1 Å². The van der Waals surface area contributed by atoms with E-state index in [4.69, 9.17) is 0 Å². The smallest absolute Gasteiger partial charge is 0.141 e. The zero-order valence-electron chi connectivity index (χ0n) is 14.4. The molecule has 0 aliphatic heterocycles. The van der Waals surface area contributed by atoms with Gasteiger partial charge in [0, 0.05) is 11.1 Å². The minimum absolute atomic E-state index is 0.104. The Bertz CT molecular complexity index is 852. The number of benzene rings is 3. The Labute approximate surface area is 143 Å². The highest BCUT2D eigenvalue weighted by Gasteiger charge is 2.42. The van der Waals surface area contributed by atoms with Crippen molar-refractivity contribution in [1.29, 1.82) is 0 Å². The standard InChI is InChI=1S/C23H22O/c1-22(2,3)16-12-14-17(15-13-16)23(24)20-10-6-4-8-18(20)19-9-5-7-11-21(19)23/h4-15,24H,1-3H3. The van der Waals surface area contributed by atoms with Gasteiger partial charge in [-0.1, -0.05) is 93.6 Å². The van der Waals surface area contributed by atoms with E-state index in [1.165, 1.54) is 5.56 Å². The van der Waals surface area contributed by atoms with Gasteiger partial charge in [-0.25, -0.2) is 0 Å². The lowest BCUT2D eigenvalue weighted by Gasteiger charge is -2.28. The molecule has 4 rings (SSSR count). The molecule has 0 unspecified atom stereocenters. The molecular weight excluding hydrogens is 292 g/mol. The number of aliphatic hydroxyl groups is 1. The Hall–Kier alpha value is -2.38. The largest absolute Gasteiger partial charge is 0.376 e. The van der Waals surface area contributed by atoms with E-state index in [1.807, 2.05) is 36.4 Å². The molecule has 1 N–H and O–H groups in total. The summed E-state index contributed by atoms with van der Waals surface area (Å²) in [6.45, 7) is 6.62. The summed E-state index contributed by atoms with van der Waals surface area (Å²) in [5.74, 6) is 0. The first-order valence-electron chi connectivity index (χ1n) is 8.45. The molecule has 3 aromatic carbocycles. The van der Waals surface area contributed by atoms with Crippen molar-refractivity contribution in [3.63, 3.8) is 0 Å². The van der Waals surface area contributed by atoms with Gasteiger partial charge in [-0.2, -0.15) is 0 Å². The van der Waals surface area contributed by atoms with Crippen LogP contribution >= 0.6 is 0 Å². The van der Waals surface area contributed by atoms with E-state index in [9.17, 15) is 5.11 Å². The first-order chi connectivity index (χ1) is 11.4. The highest BCUT2D eigenvalue weighted by molar-refractivity contribution is 5.82. The Balaban J connectivity index is 1.94. The highest BCUT2D eigenvalue weighted by Crippen LogP contribution is 2.50. The van der Waals surface area contributed by atoms with E-state index in [0.29, 0.717) is 0 Å². The van der Waals surface area contributed by atoms with Crippen LogP contribution in [0, 0.1) is 0 Å².